The number of anilines is 1. The maximum atomic E-state index is 13.5. The highest BCUT2D eigenvalue weighted by atomic mass is 16.5. The monoisotopic (exact) mass is 542 g/mol. The molecule has 1 atom stereocenters. The van der Waals surface area contributed by atoms with Crippen LogP contribution in [0.3, 0.4) is 0 Å². The van der Waals surface area contributed by atoms with E-state index in [9.17, 15) is 14.4 Å². The first-order valence-corrected chi connectivity index (χ1v) is 13.0. The van der Waals surface area contributed by atoms with Crippen LogP contribution in [-0.2, 0) is 25.6 Å². The summed E-state index contributed by atoms with van der Waals surface area (Å²) < 4.78 is 12.5. The fourth-order valence-corrected chi connectivity index (χ4v) is 4.78. The first kappa shape index (κ1) is 27.1. The molecule has 206 valence electrons. The number of pyridine rings is 1. The first-order chi connectivity index (χ1) is 19.4. The Labute approximate surface area is 231 Å². The predicted molar refractivity (Wildman–Crippen MR) is 147 cm³/mol. The van der Waals surface area contributed by atoms with Crippen LogP contribution in [0, 0.1) is 0 Å². The molecule has 1 N–H and O–H groups in total. The number of carbonyl (C=O) groups excluding carboxylic acids is 3. The molecule has 5 rings (SSSR count). The summed E-state index contributed by atoms with van der Waals surface area (Å²) in [5, 5.41) is 3.37. The number of fused-ring (bicyclic) bond motifs is 1. The molecular formula is C29H30N6O5. The zero-order chi connectivity index (χ0) is 28.1. The lowest BCUT2D eigenvalue weighted by Gasteiger charge is -2.27. The van der Waals surface area contributed by atoms with Crippen LogP contribution < -0.4 is 5.32 Å². The van der Waals surface area contributed by atoms with E-state index >= 15 is 0 Å². The Balaban J connectivity index is 1.35. The fourth-order valence-electron chi connectivity index (χ4n) is 4.78. The molecule has 0 radical (unpaired) electrons. The van der Waals surface area contributed by atoms with E-state index in [1.165, 1.54) is 18.7 Å². The van der Waals surface area contributed by atoms with Crippen LogP contribution in [0.5, 0.6) is 0 Å². The number of nitrogens with zero attached hydrogens (tertiary/aromatic N) is 5. The molecule has 1 unspecified atom stereocenters. The van der Waals surface area contributed by atoms with Gasteiger partial charge in [0.25, 0.3) is 12.4 Å². The third kappa shape index (κ3) is 5.90. The van der Waals surface area contributed by atoms with E-state index in [4.69, 9.17) is 9.47 Å². The number of nitrogens with one attached hydrogen (secondary N) is 1. The van der Waals surface area contributed by atoms with Gasteiger partial charge in [-0.05, 0) is 25.5 Å². The van der Waals surface area contributed by atoms with Crippen LogP contribution >= 0.6 is 0 Å². The highest BCUT2D eigenvalue weighted by Crippen LogP contribution is 2.26. The molecule has 40 heavy (non-hydrogen) atoms. The molecule has 4 heterocycles. The molecular weight excluding hydrogens is 512 g/mol. The van der Waals surface area contributed by atoms with Gasteiger partial charge in [-0.15, -0.1) is 0 Å². The van der Waals surface area contributed by atoms with Gasteiger partial charge in [-0.1, -0.05) is 24.3 Å². The summed E-state index contributed by atoms with van der Waals surface area (Å²) >= 11 is 0. The number of hydrogen-bond donors (Lipinski definition) is 1. The van der Waals surface area contributed by atoms with Crippen molar-refractivity contribution >= 4 is 34.9 Å². The first-order valence-electron chi connectivity index (χ1n) is 13.0. The largest absolute Gasteiger partial charge is 0.449 e. The smallest absolute Gasteiger partial charge is 0.294 e. The third-order valence-corrected chi connectivity index (χ3v) is 6.76. The van der Waals surface area contributed by atoms with Gasteiger partial charge in [-0.3, -0.25) is 24.3 Å². The zero-order valence-electron chi connectivity index (χ0n) is 22.3. The van der Waals surface area contributed by atoms with E-state index in [-0.39, 0.29) is 23.9 Å². The van der Waals surface area contributed by atoms with Crippen LogP contribution in [0.4, 0.5) is 5.69 Å². The number of carbonyl (C=O) groups is 3. The van der Waals surface area contributed by atoms with Crippen LogP contribution in [0.15, 0.2) is 61.4 Å². The number of morpholine rings is 1. The Morgan fingerprint density at radius 2 is 1.95 bits per heavy atom. The number of ketones is 1. The lowest BCUT2D eigenvalue weighted by Crippen LogP contribution is -2.35. The second kappa shape index (κ2) is 12.1. The lowest BCUT2D eigenvalue weighted by atomic mass is 10.0. The number of benzene rings is 1. The molecule has 11 heteroatoms. The topological polar surface area (TPSA) is 129 Å². The molecule has 1 fully saturated rings. The van der Waals surface area contributed by atoms with Gasteiger partial charge < -0.3 is 19.4 Å². The Kier molecular flexibility index (Phi) is 8.23. The van der Waals surface area contributed by atoms with E-state index in [1.54, 1.807) is 24.5 Å². The van der Waals surface area contributed by atoms with Crippen molar-refractivity contribution in [1.82, 2.24) is 24.4 Å². The highest BCUT2D eigenvalue weighted by Gasteiger charge is 2.24. The minimum Gasteiger partial charge on any atom is -0.449 e. The van der Waals surface area contributed by atoms with Crippen molar-refractivity contribution in [3.63, 3.8) is 0 Å². The molecule has 3 aromatic heterocycles. The third-order valence-electron chi connectivity index (χ3n) is 6.76. The molecule has 1 aliphatic heterocycles. The van der Waals surface area contributed by atoms with Gasteiger partial charge in [0.2, 0.25) is 6.10 Å². The Hall–Kier alpha value is -4.48. The lowest BCUT2D eigenvalue weighted by molar-refractivity contribution is -0.142. The van der Waals surface area contributed by atoms with Gasteiger partial charge in [0.05, 0.1) is 30.7 Å². The van der Waals surface area contributed by atoms with Crippen molar-refractivity contribution in [3.05, 3.63) is 83.7 Å². The van der Waals surface area contributed by atoms with Gasteiger partial charge in [-0.25, -0.2) is 9.97 Å². The molecule has 0 bridgehead atoms. The zero-order valence-corrected chi connectivity index (χ0v) is 22.3. The van der Waals surface area contributed by atoms with Crippen molar-refractivity contribution in [3.8, 4) is 0 Å². The van der Waals surface area contributed by atoms with E-state index in [0.29, 0.717) is 47.6 Å². The summed E-state index contributed by atoms with van der Waals surface area (Å²) in [7, 11) is 0. The molecule has 1 aliphatic rings. The van der Waals surface area contributed by atoms with Crippen LogP contribution in [0.1, 0.15) is 53.0 Å². The molecule has 1 saturated heterocycles. The molecule has 11 nitrogen and oxygen atoms in total. The maximum Gasteiger partial charge on any atom is 0.294 e. The molecule has 0 saturated carbocycles. The summed E-state index contributed by atoms with van der Waals surface area (Å²) in [4.78, 5) is 52.9. The van der Waals surface area contributed by atoms with Gasteiger partial charge in [0.1, 0.15) is 12.0 Å². The van der Waals surface area contributed by atoms with Crippen LogP contribution in [0.2, 0.25) is 0 Å². The maximum absolute atomic E-state index is 13.5. The summed E-state index contributed by atoms with van der Waals surface area (Å²) in [5.41, 5.74) is 3.21. The summed E-state index contributed by atoms with van der Waals surface area (Å²) in [5.74, 6) is -0.842. The van der Waals surface area contributed by atoms with E-state index in [2.05, 4.69) is 25.2 Å². The van der Waals surface area contributed by atoms with Gasteiger partial charge >= 0.3 is 0 Å². The van der Waals surface area contributed by atoms with Crippen molar-refractivity contribution in [2.75, 3.05) is 31.6 Å². The Morgan fingerprint density at radius 1 is 1.12 bits per heavy atom. The van der Waals surface area contributed by atoms with Crippen molar-refractivity contribution in [2.45, 2.75) is 32.5 Å². The minimum atomic E-state index is -1.18. The van der Waals surface area contributed by atoms with E-state index < -0.39 is 12.0 Å². The fraction of sp³-hybridized carbons (Fsp3) is 0.310. The minimum absolute atomic E-state index is 0.0878. The number of hydrogen-bond acceptors (Lipinski definition) is 9. The highest BCUT2D eigenvalue weighted by molar-refractivity contribution is 6.16. The van der Waals surface area contributed by atoms with Crippen molar-refractivity contribution in [1.29, 1.82) is 0 Å². The van der Waals surface area contributed by atoms with Crippen LogP contribution in [-0.4, -0.2) is 68.9 Å². The molecule has 0 aliphatic carbocycles. The predicted octanol–water partition coefficient (Wildman–Crippen LogP) is 3.32. The molecule has 0 spiro atoms. The number of amides is 1. The van der Waals surface area contributed by atoms with Gasteiger partial charge in [0.15, 0.2) is 5.78 Å². The summed E-state index contributed by atoms with van der Waals surface area (Å²) in [6.45, 7) is 7.97. The normalized spacial score (nSPS) is 14.7. The summed E-state index contributed by atoms with van der Waals surface area (Å²) in [6.07, 6.45) is 6.51. The van der Waals surface area contributed by atoms with E-state index in [1.807, 2.05) is 36.6 Å². The average Bonchev–Trinajstić information content (AvgIpc) is 3.36. The number of ether oxygens (including phenoxy) is 2. The summed E-state index contributed by atoms with van der Waals surface area (Å²) in [6, 6.07) is 9.02. The van der Waals surface area contributed by atoms with Crippen molar-refractivity contribution in [2.24, 2.45) is 0 Å². The van der Waals surface area contributed by atoms with Crippen molar-refractivity contribution < 1.29 is 23.9 Å². The average molecular weight is 543 g/mol. The number of rotatable bonds is 10. The molecule has 1 aromatic carbocycles. The second-order valence-corrected chi connectivity index (χ2v) is 9.83. The van der Waals surface area contributed by atoms with Gasteiger partial charge in [0, 0.05) is 60.8 Å². The molecule has 4 aromatic rings. The van der Waals surface area contributed by atoms with Crippen LogP contribution in [0.25, 0.3) is 11.0 Å². The standard InChI is InChI=1S/C29H30N6O5/c1-19(2)35-16-25(24-14-31-17-32-28(24)35)26(37)22-11-23(13-30-12-22)33-29(38)27(40-18-36)21-5-3-4-20(10-21)15-34-6-8-39-9-7-34/h3-5,10-14,16-19,27H,6-9,15H2,1-2H3,(H,33,38). The number of aromatic nitrogens is 4. The Bertz CT molecular complexity index is 1530. The van der Waals surface area contributed by atoms with Gasteiger partial charge in [-0.2, -0.15) is 0 Å². The molecule has 1 amide bonds. The van der Waals surface area contributed by atoms with E-state index in [0.717, 1.165) is 18.7 Å². The second-order valence-electron chi connectivity index (χ2n) is 9.83. The Morgan fingerprint density at radius 3 is 2.73 bits per heavy atom. The quantitative estimate of drug-likeness (QED) is 0.237. The SMILES string of the molecule is CC(C)n1cc(C(=O)c2cncc(NC(=O)C(OC=O)c3cccc(CN4CCOCC4)c3)c2)c2cncnc21.